The Morgan fingerprint density at radius 3 is 2.53 bits per heavy atom. The molecule has 1 atom stereocenters. The Bertz CT molecular complexity index is 1040. The number of hydrogen-bond donors (Lipinski definition) is 2. The van der Waals surface area contributed by atoms with Gasteiger partial charge in [-0.15, -0.1) is 0 Å². The molecule has 2 heterocycles. The number of fused-ring (bicyclic) bond motifs is 1. The molecule has 1 aliphatic rings. The van der Waals surface area contributed by atoms with Crippen LogP contribution in [0.4, 0.5) is 5.69 Å². The molecule has 2 N–H and O–H groups in total. The maximum Gasteiger partial charge on any atom is 0.313 e. The van der Waals surface area contributed by atoms with Gasteiger partial charge in [-0.05, 0) is 41.8 Å². The van der Waals surface area contributed by atoms with Gasteiger partial charge in [0.05, 0.1) is 23.0 Å². The number of carbonyl (C=O) groups excluding carboxylic acids is 2. The second-order valence-corrected chi connectivity index (χ2v) is 7.57. The number of rotatable bonds is 5. The molecule has 0 saturated carbocycles. The Morgan fingerprint density at radius 1 is 1.00 bits per heavy atom. The number of anilines is 1. The molecule has 6 nitrogen and oxygen atoms in total. The highest BCUT2D eigenvalue weighted by molar-refractivity contribution is 6.41. The van der Waals surface area contributed by atoms with Crippen molar-refractivity contribution in [3.8, 4) is 0 Å². The Labute approximate surface area is 179 Å². The third-order valence-corrected chi connectivity index (χ3v) is 5.59. The summed E-state index contributed by atoms with van der Waals surface area (Å²) in [4.78, 5) is 26.9. The highest BCUT2D eigenvalue weighted by atomic mass is 35.5. The van der Waals surface area contributed by atoms with E-state index in [2.05, 4.69) is 33.7 Å². The topological polar surface area (TPSA) is 74.6 Å². The van der Waals surface area contributed by atoms with E-state index in [1.165, 1.54) is 11.1 Å². The molecular weight excluding hydrogens is 402 g/mol. The van der Waals surface area contributed by atoms with E-state index >= 15 is 0 Å². The van der Waals surface area contributed by atoms with Crippen LogP contribution >= 0.6 is 11.6 Å². The van der Waals surface area contributed by atoms with Gasteiger partial charge in [0.2, 0.25) is 0 Å². The molecule has 3 aromatic rings. The SMILES string of the molecule is O=C(NCC(c1ccco1)N1CCc2ccccc2C1)C(=O)Nc1ccccc1Cl. The number of carbonyl (C=O) groups is 2. The quantitative estimate of drug-likeness (QED) is 0.612. The van der Waals surface area contributed by atoms with Crippen LogP contribution in [0.3, 0.4) is 0 Å². The van der Waals surface area contributed by atoms with E-state index in [9.17, 15) is 9.59 Å². The average Bonchev–Trinajstić information content (AvgIpc) is 3.30. The lowest BCUT2D eigenvalue weighted by molar-refractivity contribution is -0.136. The first kappa shape index (κ1) is 20.2. The van der Waals surface area contributed by atoms with Gasteiger partial charge in [-0.25, -0.2) is 0 Å². The Hall–Kier alpha value is -3.09. The summed E-state index contributed by atoms with van der Waals surface area (Å²) in [5.74, 6) is -0.727. The van der Waals surface area contributed by atoms with E-state index < -0.39 is 11.8 Å². The van der Waals surface area contributed by atoms with E-state index in [0.29, 0.717) is 10.7 Å². The molecular formula is C23H22ClN3O3. The van der Waals surface area contributed by atoms with Gasteiger partial charge in [-0.2, -0.15) is 0 Å². The molecule has 1 aromatic heterocycles. The summed E-state index contributed by atoms with van der Waals surface area (Å²) in [5.41, 5.74) is 3.01. The fraction of sp³-hybridized carbons (Fsp3) is 0.217. The van der Waals surface area contributed by atoms with Crippen molar-refractivity contribution in [2.24, 2.45) is 0 Å². The van der Waals surface area contributed by atoms with E-state index in [1.54, 1.807) is 30.5 Å². The van der Waals surface area contributed by atoms with Crippen LogP contribution in [0.15, 0.2) is 71.3 Å². The van der Waals surface area contributed by atoms with E-state index in [0.717, 1.165) is 25.3 Å². The van der Waals surface area contributed by atoms with Gasteiger partial charge in [-0.3, -0.25) is 14.5 Å². The monoisotopic (exact) mass is 423 g/mol. The summed E-state index contributed by atoms with van der Waals surface area (Å²) in [6.07, 6.45) is 2.54. The van der Waals surface area contributed by atoms with Crippen molar-refractivity contribution in [1.82, 2.24) is 10.2 Å². The minimum Gasteiger partial charge on any atom is -0.468 e. The zero-order valence-electron chi connectivity index (χ0n) is 16.3. The molecule has 7 heteroatoms. The molecule has 0 fully saturated rings. The van der Waals surface area contributed by atoms with E-state index in [1.807, 2.05) is 18.2 Å². The highest BCUT2D eigenvalue weighted by Crippen LogP contribution is 2.28. The molecule has 154 valence electrons. The maximum atomic E-state index is 12.4. The van der Waals surface area contributed by atoms with Crippen molar-refractivity contribution < 1.29 is 14.0 Å². The van der Waals surface area contributed by atoms with Gasteiger partial charge >= 0.3 is 11.8 Å². The number of amides is 2. The number of halogens is 1. The lowest BCUT2D eigenvalue weighted by Crippen LogP contribution is -2.43. The Balaban J connectivity index is 1.43. The lowest BCUT2D eigenvalue weighted by Gasteiger charge is -2.34. The Morgan fingerprint density at radius 2 is 1.77 bits per heavy atom. The molecule has 1 aliphatic heterocycles. The number of hydrogen-bond acceptors (Lipinski definition) is 4. The first-order chi connectivity index (χ1) is 14.6. The maximum absolute atomic E-state index is 12.4. The van der Waals surface area contributed by atoms with Gasteiger partial charge < -0.3 is 15.1 Å². The van der Waals surface area contributed by atoms with Gasteiger partial charge in [0, 0.05) is 19.6 Å². The number of para-hydroxylation sites is 1. The first-order valence-corrected chi connectivity index (χ1v) is 10.2. The molecule has 2 amide bonds. The molecule has 4 rings (SSSR count). The lowest BCUT2D eigenvalue weighted by atomic mass is 9.98. The third-order valence-electron chi connectivity index (χ3n) is 5.26. The summed E-state index contributed by atoms with van der Waals surface area (Å²) in [7, 11) is 0. The minimum atomic E-state index is -0.759. The molecule has 0 bridgehead atoms. The second kappa shape index (κ2) is 9.15. The number of furan rings is 1. The van der Waals surface area contributed by atoms with Crippen molar-refractivity contribution in [3.05, 3.63) is 88.8 Å². The standard InChI is InChI=1S/C23H22ClN3O3/c24-18-8-3-4-9-19(18)26-23(29)22(28)25-14-20(21-10-5-13-30-21)27-12-11-16-6-1-2-7-17(16)15-27/h1-10,13,20H,11-12,14-15H2,(H,25,28)(H,26,29). The van der Waals surface area contributed by atoms with Gasteiger partial charge in [0.1, 0.15) is 5.76 Å². The summed E-state index contributed by atoms with van der Waals surface area (Å²) in [6.45, 7) is 1.84. The zero-order chi connectivity index (χ0) is 20.9. The van der Waals surface area contributed by atoms with E-state index in [-0.39, 0.29) is 12.6 Å². The largest absolute Gasteiger partial charge is 0.468 e. The second-order valence-electron chi connectivity index (χ2n) is 7.16. The fourth-order valence-corrected chi connectivity index (χ4v) is 3.87. The van der Waals surface area contributed by atoms with Crippen LogP contribution in [0.2, 0.25) is 5.02 Å². The van der Waals surface area contributed by atoms with Gasteiger partial charge in [0.25, 0.3) is 0 Å². The van der Waals surface area contributed by atoms with Gasteiger partial charge in [-0.1, -0.05) is 48.0 Å². The van der Waals surface area contributed by atoms with Crippen LogP contribution in [0.25, 0.3) is 0 Å². The summed E-state index contributed by atoms with van der Waals surface area (Å²) in [6, 6.07) is 18.7. The van der Waals surface area contributed by atoms with Crippen LogP contribution in [0.1, 0.15) is 22.9 Å². The minimum absolute atomic E-state index is 0.176. The molecule has 0 aliphatic carbocycles. The molecule has 0 saturated heterocycles. The average molecular weight is 424 g/mol. The van der Waals surface area contributed by atoms with Crippen molar-refractivity contribution in [2.75, 3.05) is 18.4 Å². The predicted octanol–water partition coefficient (Wildman–Crippen LogP) is 3.79. The van der Waals surface area contributed by atoms with Crippen molar-refractivity contribution in [2.45, 2.75) is 19.0 Å². The Kier molecular flexibility index (Phi) is 6.16. The number of benzene rings is 2. The zero-order valence-corrected chi connectivity index (χ0v) is 17.1. The van der Waals surface area contributed by atoms with Gasteiger partial charge in [0.15, 0.2) is 0 Å². The molecule has 2 aromatic carbocycles. The summed E-state index contributed by atoms with van der Waals surface area (Å²) < 4.78 is 5.63. The highest BCUT2D eigenvalue weighted by Gasteiger charge is 2.28. The van der Waals surface area contributed by atoms with Crippen molar-refractivity contribution >= 4 is 29.1 Å². The van der Waals surface area contributed by atoms with E-state index in [4.69, 9.17) is 16.0 Å². The predicted molar refractivity (Wildman–Crippen MR) is 115 cm³/mol. The van der Waals surface area contributed by atoms with Crippen LogP contribution in [0, 0.1) is 0 Å². The number of nitrogens with one attached hydrogen (secondary N) is 2. The van der Waals surface area contributed by atoms with Crippen molar-refractivity contribution in [1.29, 1.82) is 0 Å². The third kappa shape index (κ3) is 4.56. The van der Waals surface area contributed by atoms with Crippen LogP contribution in [-0.2, 0) is 22.6 Å². The number of nitrogens with zero attached hydrogens (tertiary/aromatic N) is 1. The smallest absolute Gasteiger partial charge is 0.313 e. The first-order valence-electron chi connectivity index (χ1n) is 9.80. The molecule has 0 spiro atoms. The normalized spacial score (nSPS) is 14.6. The molecule has 1 unspecified atom stereocenters. The van der Waals surface area contributed by atoms with Crippen LogP contribution in [0.5, 0.6) is 0 Å². The van der Waals surface area contributed by atoms with Crippen LogP contribution < -0.4 is 10.6 Å². The van der Waals surface area contributed by atoms with Crippen LogP contribution in [-0.4, -0.2) is 29.8 Å². The summed E-state index contributed by atoms with van der Waals surface area (Å²) in [5, 5.41) is 5.65. The van der Waals surface area contributed by atoms with Crippen molar-refractivity contribution in [3.63, 3.8) is 0 Å². The summed E-state index contributed by atoms with van der Waals surface area (Å²) >= 11 is 6.05. The molecule has 30 heavy (non-hydrogen) atoms. The molecule has 0 radical (unpaired) electrons. The fourth-order valence-electron chi connectivity index (χ4n) is 3.69.